The number of aromatic nitrogens is 6. The fourth-order valence-electron chi connectivity index (χ4n) is 4.00. The molecular weight excluding hydrogens is 476 g/mol. The third-order valence-electron chi connectivity index (χ3n) is 5.71. The molecule has 0 aliphatic heterocycles. The second kappa shape index (κ2) is 7.20. The molecule has 3 heterocycles. The lowest BCUT2D eigenvalue weighted by Gasteiger charge is -2.11. The Balaban J connectivity index is 1.89. The van der Waals surface area contributed by atoms with E-state index in [1.807, 2.05) is 34.4 Å². The van der Waals surface area contributed by atoms with E-state index in [0.717, 1.165) is 27.9 Å². The lowest BCUT2D eigenvalue weighted by atomic mass is 10.2. The summed E-state index contributed by atoms with van der Waals surface area (Å²) in [5.41, 5.74) is 4.94. The van der Waals surface area contributed by atoms with Gasteiger partial charge in [-0.3, -0.25) is 13.7 Å². The Bertz CT molecular complexity index is 1600. The van der Waals surface area contributed by atoms with Crippen LogP contribution in [0.5, 0.6) is 0 Å². The summed E-state index contributed by atoms with van der Waals surface area (Å²) in [6.45, 7) is 0. The molecule has 9 nitrogen and oxygen atoms in total. The molecule has 0 spiro atoms. The third kappa shape index (κ3) is 2.83. The summed E-state index contributed by atoms with van der Waals surface area (Å²) in [7, 11) is 6.74. The topological polar surface area (TPSA) is 88.9 Å². The van der Waals surface area contributed by atoms with E-state index in [2.05, 4.69) is 20.9 Å². The van der Waals surface area contributed by atoms with E-state index in [0.29, 0.717) is 21.4 Å². The number of imidazole rings is 3. The highest BCUT2D eigenvalue weighted by atomic mass is 79.9. The van der Waals surface area contributed by atoms with Crippen LogP contribution in [0, 0.1) is 0 Å². The van der Waals surface area contributed by atoms with E-state index < -0.39 is 5.97 Å². The van der Waals surface area contributed by atoms with E-state index in [1.54, 1.807) is 47.9 Å². The molecule has 162 valence electrons. The van der Waals surface area contributed by atoms with Gasteiger partial charge in [0.2, 0.25) is 0 Å². The van der Waals surface area contributed by atoms with Crippen LogP contribution in [0.15, 0.2) is 52.1 Å². The van der Waals surface area contributed by atoms with E-state index in [-0.39, 0.29) is 5.69 Å². The zero-order valence-corrected chi connectivity index (χ0v) is 19.4. The summed E-state index contributed by atoms with van der Waals surface area (Å²) in [6, 6.07) is 9.34. The Morgan fingerprint density at radius 2 is 1.78 bits per heavy atom. The highest BCUT2D eigenvalue weighted by Gasteiger charge is 2.21. The Hall–Kier alpha value is -3.66. The van der Waals surface area contributed by atoms with Crippen molar-refractivity contribution in [2.45, 2.75) is 0 Å². The largest absolute Gasteiger partial charge is 0.465 e. The zero-order chi connectivity index (χ0) is 22.7. The first-order valence-electron chi connectivity index (χ1n) is 9.74. The SMILES string of the molecule is COC(=O)c1cc2c(cc1Br)nc(-c1cncn1C)n2-c1ccc2c(c1)n(C)c(=O)n2C. The molecule has 3 aromatic heterocycles. The average molecular weight is 495 g/mol. The van der Waals surface area contributed by atoms with Crippen molar-refractivity contribution in [1.82, 2.24) is 28.2 Å². The number of benzene rings is 2. The molecule has 5 aromatic rings. The van der Waals surface area contributed by atoms with E-state index in [4.69, 9.17) is 9.72 Å². The van der Waals surface area contributed by atoms with Gasteiger partial charge in [0.1, 0.15) is 5.69 Å². The van der Waals surface area contributed by atoms with Crippen LogP contribution in [0.2, 0.25) is 0 Å². The van der Waals surface area contributed by atoms with Gasteiger partial charge >= 0.3 is 11.7 Å². The molecule has 0 saturated carbocycles. The van der Waals surface area contributed by atoms with Crippen molar-refractivity contribution in [3.63, 3.8) is 0 Å². The van der Waals surface area contributed by atoms with Gasteiger partial charge in [0.25, 0.3) is 0 Å². The molecule has 0 bridgehead atoms. The number of halogens is 1. The van der Waals surface area contributed by atoms with Gasteiger partial charge in [-0.15, -0.1) is 0 Å². The quantitative estimate of drug-likeness (QED) is 0.359. The first-order chi connectivity index (χ1) is 15.3. The molecule has 0 saturated heterocycles. The Morgan fingerprint density at radius 3 is 2.47 bits per heavy atom. The molecule has 0 N–H and O–H groups in total. The second-order valence-corrected chi connectivity index (χ2v) is 8.40. The molecule has 0 unspecified atom stereocenters. The maximum atomic E-state index is 12.4. The molecule has 0 aliphatic carbocycles. The number of fused-ring (bicyclic) bond motifs is 2. The van der Waals surface area contributed by atoms with Gasteiger partial charge in [-0.1, -0.05) is 0 Å². The minimum absolute atomic E-state index is 0.101. The number of rotatable bonds is 3. The minimum atomic E-state index is -0.450. The van der Waals surface area contributed by atoms with Crippen LogP contribution < -0.4 is 5.69 Å². The van der Waals surface area contributed by atoms with Crippen LogP contribution in [0.1, 0.15) is 10.4 Å². The van der Waals surface area contributed by atoms with Crippen molar-refractivity contribution in [3.05, 3.63) is 63.4 Å². The number of carbonyl (C=O) groups is 1. The van der Waals surface area contributed by atoms with Gasteiger partial charge < -0.3 is 9.30 Å². The van der Waals surface area contributed by atoms with E-state index >= 15 is 0 Å². The molecule has 0 aliphatic rings. The van der Waals surface area contributed by atoms with Crippen molar-refractivity contribution in [1.29, 1.82) is 0 Å². The molecule has 2 aromatic carbocycles. The fourth-order valence-corrected chi connectivity index (χ4v) is 4.50. The van der Waals surface area contributed by atoms with Crippen LogP contribution in [-0.2, 0) is 25.9 Å². The summed E-state index contributed by atoms with van der Waals surface area (Å²) >= 11 is 3.46. The summed E-state index contributed by atoms with van der Waals surface area (Å²) in [4.78, 5) is 33.9. The van der Waals surface area contributed by atoms with Crippen LogP contribution in [0.25, 0.3) is 39.3 Å². The summed E-state index contributed by atoms with van der Waals surface area (Å²) in [6.07, 6.45) is 3.45. The monoisotopic (exact) mass is 494 g/mol. The van der Waals surface area contributed by atoms with Gasteiger partial charge in [-0.25, -0.2) is 19.6 Å². The maximum Gasteiger partial charge on any atom is 0.339 e. The van der Waals surface area contributed by atoms with Crippen molar-refractivity contribution in [2.75, 3.05) is 7.11 Å². The van der Waals surface area contributed by atoms with Gasteiger partial charge in [0, 0.05) is 31.3 Å². The molecule has 0 atom stereocenters. The van der Waals surface area contributed by atoms with Gasteiger partial charge in [-0.2, -0.15) is 0 Å². The van der Waals surface area contributed by atoms with Crippen LogP contribution in [0.4, 0.5) is 0 Å². The molecule has 0 amide bonds. The lowest BCUT2D eigenvalue weighted by Crippen LogP contribution is -2.19. The Morgan fingerprint density at radius 1 is 1.03 bits per heavy atom. The summed E-state index contributed by atoms with van der Waals surface area (Å²) in [5, 5.41) is 0. The highest BCUT2D eigenvalue weighted by molar-refractivity contribution is 9.10. The number of carbonyl (C=O) groups excluding carboxylic acids is 1. The molecular formula is C22H19BrN6O3. The first kappa shape index (κ1) is 20.3. The number of methoxy groups -OCH3 is 1. The fraction of sp³-hybridized carbons (Fsp3) is 0.182. The minimum Gasteiger partial charge on any atom is -0.465 e. The Kier molecular flexibility index (Phi) is 4.55. The number of aryl methyl sites for hydroxylation is 3. The third-order valence-corrected chi connectivity index (χ3v) is 6.36. The van der Waals surface area contributed by atoms with Gasteiger partial charge in [0.05, 0.1) is 47.3 Å². The molecule has 0 fully saturated rings. The molecule has 10 heteroatoms. The second-order valence-electron chi connectivity index (χ2n) is 7.55. The lowest BCUT2D eigenvalue weighted by molar-refractivity contribution is 0.0600. The van der Waals surface area contributed by atoms with Gasteiger partial charge in [-0.05, 0) is 46.3 Å². The zero-order valence-electron chi connectivity index (χ0n) is 17.8. The highest BCUT2D eigenvalue weighted by Crippen LogP contribution is 2.33. The smallest absolute Gasteiger partial charge is 0.339 e. The van der Waals surface area contributed by atoms with Crippen molar-refractivity contribution in [2.24, 2.45) is 21.1 Å². The maximum absolute atomic E-state index is 12.4. The van der Waals surface area contributed by atoms with Crippen LogP contribution >= 0.6 is 15.9 Å². The van der Waals surface area contributed by atoms with Gasteiger partial charge in [0.15, 0.2) is 5.82 Å². The normalized spacial score (nSPS) is 11.5. The van der Waals surface area contributed by atoms with Crippen LogP contribution in [0.3, 0.4) is 0 Å². The molecule has 32 heavy (non-hydrogen) atoms. The predicted octanol–water partition coefficient (Wildman–Crippen LogP) is 3.17. The standard InChI is InChI=1S/C22H19BrN6O3/c1-26-11-24-10-19(26)20-25-15-9-14(23)13(21(30)32-4)8-17(15)29(20)12-5-6-16-18(7-12)28(3)22(31)27(16)2/h5-11H,1-4H3. The summed E-state index contributed by atoms with van der Waals surface area (Å²) < 4.78 is 12.6. The first-order valence-corrected chi connectivity index (χ1v) is 10.5. The van der Waals surface area contributed by atoms with E-state index in [1.165, 1.54) is 7.11 Å². The number of esters is 1. The number of hydrogen-bond acceptors (Lipinski definition) is 5. The average Bonchev–Trinajstić information content (AvgIpc) is 3.43. The number of ether oxygens (including phenoxy) is 1. The molecule has 5 rings (SSSR count). The summed E-state index contributed by atoms with van der Waals surface area (Å²) in [5.74, 6) is 0.212. The van der Waals surface area contributed by atoms with Crippen LogP contribution in [-0.4, -0.2) is 41.3 Å². The van der Waals surface area contributed by atoms with Crippen molar-refractivity contribution < 1.29 is 9.53 Å². The molecule has 0 radical (unpaired) electrons. The van der Waals surface area contributed by atoms with Crippen molar-refractivity contribution in [3.8, 4) is 17.2 Å². The van der Waals surface area contributed by atoms with Crippen molar-refractivity contribution >= 4 is 44.0 Å². The number of nitrogens with zero attached hydrogens (tertiary/aromatic N) is 6. The number of hydrogen-bond donors (Lipinski definition) is 0. The Labute approximate surface area is 190 Å². The predicted molar refractivity (Wildman–Crippen MR) is 124 cm³/mol. The van der Waals surface area contributed by atoms with E-state index in [9.17, 15) is 9.59 Å².